The molecule has 0 aliphatic carbocycles. The summed E-state index contributed by atoms with van der Waals surface area (Å²) in [6, 6.07) is 14.8. The second kappa shape index (κ2) is 7.40. The van der Waals surface area contributed by atoms with Gasteiger partial charge < -0.3 is 0 Å². The quantitative estimate of drug-likeness (QED) is 0.637. The first-order chi connectivity index (χ1) is 11.6. The zero-order valence-electron chi connectivity index (χ0n) is 15.5. The molecule has 4 nitrogen and oxygen atoms in total. The van der Waals surface area contributed by atoms with Gasteiger partial charge in [0, 0.05) is 0 Å². The lowest BCUT2D eigenvalue weighted by molar-refractivity contribution is 0.584. The topological polar surface area (TPSA) is 58.5 Å². The van der Waals surface area contributed by atoms with Gasteiger partial charge in [0.1, 0.15) is 0 Å². The molecular formula is C20H26N2O2S. The van der Waals surface area contributed by atoms with Crippen molar-refractivity contribution < 1.29 is 8.42 Å². The first-order valence-corrected chi connectivity index (χ1v) is 9.88. The molecule has 0 radical (unpaired) electrons. The SMILES string of the molecule is CC/C(=N/NS(=O)(=O)c1ccc(C)cc1)c1ccc(C(C)(C)C)cc1. The Morgan fingerprint density at radius 3 is 2.04 bits per heavy atom. The van der Waals surface area contributed by atoms with Crippen LogP contribution in [-0.4, -0.2) is 14.1 Å². The summed E-state index contributed by atoms with van der Waals surface area (Å²) in [5, 5.41) is 4.15. The van der Waals surface area contributed by atoms with Gasteiger partial charge in [-0.15, -0.1) is 0 Å². The third kappa shape index (κ3) is 4.92. The summed E-state index contributed by atoms with van der Waals surface area (Å²) in [7, 11) is -3.66. The van der Waals surface area contributed by atoms with E-state index >= 15 is 0 Å². The van der Waals surface area contributed by atoms with E-state index in [0.717, 1.165) is 11.1 Å². The van der Waals surface area contributed by atoms with Gasteiger partial charge in [0.15, 0.2) is 0 Å². The maximum absolute atomic E-state index is 12.4. The van der Waals surface area contributed by atoms with Crippen LogP contribution in [0, 0.1) is 6.92 Å². The Balaban J connectivity index is 2.24. The Kier molecular flexibility index (Phi) is 5.68. The van der Waals surface area contributed by atoms with E-state index in [9.17, 15) is 8.42 Å². The van der Waals surface area contributed by atoms with E-state index in [2.05, 4.69) is 42.8 Å². The summed E-state index contributed by atoms with van der Waals surface area (Å²) in [6.07, 6.45) is 0.630. The van der Waals surface area contributed by atoms with Gasteiger partial charge in [0.25, 0.3) is 10.0 Å². The molecule has 0 heterocycles. The molecule has 2 aromatic rings. The fraction of sp³-hybridized carbons (Fsp3) is 0.350. The lowest BCUT2D eigenvalue weighted by Gasteiger charge is -2.19. The maximum atomic E-state index is 12.4. The van der Waals surface area contributed by atoms with E-state index in [-0.39, 0.29) is 10.3 Å². The average molecular weight is 359 g/mol. The van der Waals surface area contributed by atoms with Crippen molar-refractivity contribution in [3.8, 4) is 0 Å². The monoisotopic (exact) mass is 358 g/mol. The van der Waals surface area contributed by atoms with Gasteiger partial charge >= 0.3 is 0 Å². The van der Waals surface area contributed by atoms with Crippen molar-refractivity contribution in [3.05, 3.63) is 65.2 Å². The van der Waals surface area contributed by atoms with Gasteiger partial charge in [-0.05, 0) is 42.0 Å². The molecule has 0 aromatic heterocycles. The van der Waals surface area contributed by atoms with Gasteiger partial charge in [-0.25, -0.2) is 0 Å². The minimum Gasteiger partial charge on any atom is -0.200 e. The Morgan fingerprint density at radius 1 is 1.00 bits per heavy atom. The predicted molar refractivity (Wildman–Crippen MR) is 103 cm³/mol. The summed E-state index contributed by atoms with van der Waals surface area (Å²) in [6.45, 7) is 10.3. The fourth-order valence-electron chi connectivity index (χ4n) is 2.40. The van der Waals surface area contributed by atoms with Crippen LogP contribution in [0.15, 0.2) is 58.5 Å². The summed E-state index contributed by atoms with van der Waals surface area (Å²) in [5.41, 5.74) is 3.94. The first-order valence-electron chi connectivity index (χ1n) is 8.39. The molecule has 0 amide bonds. The second-order valence-electron chi connectivity index (χ2n) is 7.15. The van der Waals surface area contributed by atoms with E-state index in [1.165, 1.54) is 5.56 Å². The molecule has 2 rings (SSSR count). The molecule has 0 bridgehead atoms. The Labute approximate surface area is 151 Å². The molecule has 0 saturated heterocycles. The lowest BCUT2D eigenvalue weighted by atomic mass is 9.86. The van der Waals surface area contributed by atoms with Crippen molar-refractivity contribution in [3.63, 3.8) is 0 Å². The van der Waals surface area contributed by atoms with Gasteiger partial charge in [-0.1, -0.05) is 69.7 Å². The molecule has 0 spiro atoms. The molecule has 5 heteroatoms. The highest BCUT2D eigenvalue weighted by Crippen LogP contribution is 2.22. The van der Waals surface area contributed by atoms with Crippen LogP contribution in [-0.2, 0) is 15.4 Å². The average Bonchev–Trinajstić information content (AvgIpc) is 2.55. The van der Waals surface area contributed by atoms with Crippen molar-refractivity contribution in [2.75, 3.05) is 0 Å². The molecule has 2 aromatic carbocycles. The highest BCUT2D eigenvalue weighted by atomic mass is 32.2. The Morgan fingerprint density at radius 2 is 1.56 bits per heavy atom. The fourth-order valence-corrected chi connectivity index (χ4v) is 3.23. The molecular weight excluding hydrogens is 332 g/mol. The summed E-state index contributed by atoms with van der Waals surface area (Å²) in [4.78, 5) is 2.56. The molecule has 0 unspecified atom stereocenters. The van der Waals surface area contributed by atoms with Crippen LogP contribution < -0.4 is 4.83 Å². The van der Waals surface area contributed by atoms with Crippen molar-refractivity contribution >= 4 is 15.7 Å². The van der Waals surface area contributed by atoms with Crippen molar-refractivity contribution in [1.82, 2.24) is 4.83 Å². The smallest absolute Gasteiger partial charge is 0.200 e. The van der Waals surface area contributed by atoms with Gasteiger partial charge in [-0.3, -0.25) is 0 Å². The number of hydrogen-bond acceptors (Lipinski definition) is 3. The largest absolute Gasteiger partial charge is 0.276 e. The number of nitrogens with zero attached hydrogens (tertiary/aromatic N) is 1. The molecule has 1 N–H and O–H groups in total. The van der Waals surface area contributed by atoms with Gasteiger partial charge in [-0.2, -0.15) is 18.4 Å². The van der Waals surface area contributed by atoms with Crippen LogP contribution in [0.25, 0.3) is 0 Å². The molecule has 0 aliphatic heterocycles. The molecule has 0 aliphatic rings. The number of sulfonamides is 1. The molecule has 25 heavy (non-hydrogen) atoms. The number of nitrogens with one attached hydrogen (secondary N) is 1. The van der Waals surface area contributed by atoms with Crippen LogP contribution in [0.2, 0.25) is 0 Å². The van der Waals surface area contributed by atoms with Crippen LogP contribution in [0.5, 0.6) is 0 Å². The van der Waals surface area contributed by atoms with E-state index in [1.807, 2.05) is 26.0 Å². The van der Waals surface area contributed by atoms with E-state index in [1.54, 1.807) is 24.3 Å². The summed E-state index contributed by atoms with van der Waals surface area (Å²) >= 11 is 0. The Hall–Kier alpha value is -2.14. The van der Waals surface area contributed by atoms with E-state index in [4.69, 9.17) is 0 Å². The normalized spacial score (nSPS) is 12.9. The Bertz CT molecular complexity index is 844. The number of benzene rings is 2. The van der Waals surface area contributed by atoms with Crippen LogP contribution in [0.1, 0.15) is 50.8 Å². The lowest BCUT2D eigenvalue weighted by Crippen LogP contribution is -2.20. The molecule has 134 valence electrons. The highest BCUT2D eigenvalue weighted by Gasteiger charge is 2.15. The standard InChI is InChI=1S/C20H26N2O2S/c1-6-19(16-9-11-17(12-10-16)20(3,4)5)21-22-25(23,24)18-13-7-15(2)8-14-18/h7-14,22H,6H2,1-5H3/b21-19-. The van der Waals surface area contributed by atoms with Crippen molar-refractivity contribution in [2.45, 2.75) is 51.3 Å². The van der Waals surface area contributed by atoms with Gasteiger partial charge in [0.05, 0.1) is 10.6 Å². The number of rotatable bonds is 5. The summed E-state index contributed by atoms with van der Waals surface area (Å²) < 4.78 is 24.7. The third-order valence-electron chi connectivity index (χ3n) is 4.05. The van der Waals surface area contributed by atoms with Crippen molar-refractivity contribution in [1.29, 1.82) is 0 Å². The zero-order chi connectivity index (χ0) is 18.7. The van der Waals surface area contributed by atoms with Crippen LogP contribution in [0.3, 0.4) is 0 Å². The van der Waals surface area contributed by atoms with Gasteiger partial charge in [0.2, 0.25) is 0 Å². The second-order valence-corrected chi connectivity index (χ2v) is 8.81. The van der Waals surface area contributed by atoms with Crippen LogP contribution >= 0.6 is 0 Å². The molecule has 0 saturated carbocycles. The number of aryl methyl sites for hydroxylation is 1. The minimum atomic E-state index is -3.66. The predicted octanol–water partition coefficient (Wildman–Crippen LogP) is 4.39. The number of hydrazone groups is 1. The first kappa shape index (κ1) is 19.2. The van der Waals surface area contributed by atoms with E-state index < -0.39 is 10.0 Å². The molecule has 0 atom stereocenters. The highest BCUT2D eigenvalue weighted by molar-refractivity contribution is 7.89. The summed E-state index contributed by atoms with van der Waals surface area (Å²) in [5.74, 6) is 0. The molecule has 0 fully saturated rings. The van der Waals surface area contributed by atoms with E-state index in [0.29, 0.717) is 12.1 Å². The third-order valence-corrected chi connectivity index (χ3v) is 5.28. The zero-order valence-corrected chi connectivity index (χ0v) is 16.3. The van der Waals surface area contributed by atoms with Crippen LogP contribution in [0.4, 0.5) is 0 Å². The van der Waals surface area contributed by atoms with Crippen molar-refractivity contribution in [2.24, 2.45) is 5.10 Å². The number of hydrogen-bond donors (Lipinski definition) is 1. The minimum absolute atomic E-state index is 0.0785. The maximum Gasteiger partial charge on any atom is 0.276 e.